The zero-order valence-electron chi connectivity index (χ0n) is 23.8. The molecule has 0 aliphatic rings. The van der Waals surface area contributed by atoms with E-state index in [9.17, 15) is 97.4 Å². The zero-order valence-corrected chi connectivity index (χ0v) is 23.8. The van der Waals surface area contributed by atoms with Crippen LogP contribution in [0.25, 0.3) is 0 Å². The summed E-state index contributed by atoms with van der Waals surface area (Å²) in [6.07, 6.45) is -57.8. The van der Waals surface area contributed by atoms with E-state index in [4.69, 9.17) is 0 Å². The number of carbonyl (C=O) groups excluding carboxylic acids is 2. The molecule has 0 spiro atoms. The van der Waals surface area contributed by atoms with Gasteiger partial charge in [-0.3, -0.25) is 18.9 Å². The molecule has 4 atom stereocenters. The zero-order chi connectivity index (χ0) is 39.4. The second kappa shape index (κ2) is 12.6. The molecule has 0 aliphatic carbocycles. The van der Waals surface area contributed by atoms with Crippen molar-refractivity contribution >= 4 is 11.9 Å². The first-order chi connectivity index (χ1) is 20.5. The third-order valence-electron chi connectivity index (χ3n) is 6.09. The average Bonchev–Trinajstić information content (AvgIpc) is 2.83. The van der Waals surface area contributed by atoms with Gasteiger partial charge >= 0.3 is 61.1 Å². The maximum Gasteiger partial charge on any atom is 0.449 e. The molecule has 0 saturated carbocycles. The Balaban J connectivity index is 7.33. The third kappa shape index (κ3) is 7.73. The van der Waals surface area contributed by atoms with Gasteiger partial charge in [0.15, 0.2) is 0 Å². The van der Waals surface area contributed by atoms with E-state index < -0.39 is 111 Å². The molecular formula is C20H18F20O8. The van der Waals surface area contributed by atoms with Crippen LogP contribution >= 0.6 is 0 Å². The maximum absolute atomic E-state index is 14.7. The Morgan fingerprint density at radius 3 is 0.708 bits per heavy atom. The van der Waals surface area contributed by atoms with E-state index in [1.165, 1.54) is 0 Å². The van der Waals surface area contributed by atoms with Crippen LogP contribution in [-0.4, -0.2) is 97.7 Å². The fourth-order valence-electron chi connectivity index (χ4n) is 2.72. The molecule has 48 heavy (non-hydrogen) atoms. The van der Waals surface area contributed by atoms with E-state index >= 15 is 0 Å². The molecule has 0 fully saturated rings. The molecule has 0 heterocycles. The molecule has 0 aliphatic heterocycles. The van der Waals surface area contributed by atoms with E-state index in [1.807, 2.05) is 0 Å². The van der Waals surface area contributed by atoms with Crippen molar-refractivity contribution in [2.45, 2.75) is 99.2 Å². The third-order valence-corrected chi connectivity index (χ3v) is 6.09. The summed E-state index contributed by atoms with van der Waals surface area (Å²) in [5, 5.41) is 0. The molecule has 0 rings (SSSR count). The maximum atomic E-state index is 14.7. The Labute approximate surface area is 252 Å². The van der Waals surface area contributed by atoms with Gasteiger partial charge in [-0.15, -0.1) is 0 Å². The summed E-state index contributed by atoms with van der Waals surface area (Å²) in [5.41, 5.74) is -23.9. The highest BCUT2D eigenvalue weighted by molar-refractivity contribution is 5.80. The minimum absolute atomic E-state index is 0.0149. The average molecular weight is 766 g/mol. The first-order valence-corrected chi connectivity index (χ1v) is 11.3. The topological polar surface area (TPSA) is 89.5 Å². The van der Waals surface area contributed by atoms with Crippen molar-refractivity contribution in [1.29, 1.82) is 0 Å². The van der Waals surface area contributed by atoms with E-state index in [1.54, 1.807) is 0 Å². The number of esters is 2. The Hall–Kier alpha value is -2.62. The minimum Gasteiger partial charge on any atom is -0.467 e. The van der Waals surface area contributed by atoms with Gasteiger partial charge in [0.25, 0.3) is 22.4 Å². The molecule has 286 valence electrons. The van der Waals surface area contributed by atoms with Crippen molar-refractivity contribution in [2.75, 3.05) is 14.2 Å². The predicted molar refractivity (Wildman–Crippen MR) is 106 cm³/mol. The molecule has 0 aromatic heterocycles. The van der Waals surface area contributed by atoms with Gasteiger partial charge < -0.3 is 9.47 Å². The van der Waals surface area contributed by atoms with Gasteiger partial charge in [0.05, 0.1) is 14.2 Å². The van der Waals surface area contributed by atoms with Gasteiger partial charge in [0.2, 0.25) is 0 Å². The summed E-state index contributed by atoms with van der Waals surface area (Å²) in [5.74, 6) is -6.08. The summed E-state index contributed by atoms with van der Waals surface area (Å²) < 4.78 is 295. The quantitative estimate of drug-likeness (QED) is 0.146. The summed E-state index contributed by atoms with van der Waals surface area (Å²) >= 11 is 0. The van der Waals surface area contributed by atoms with E-state index in [0.29, 0.717) is 0 Å². The molecule has 0 radical (unpaired) electrons. The first-order valence-electron chi connectivity index (χ1n) is 11.3. The van der Waals surface area contributed by atoms with Crippen molar-refractivity contribution in [1.82, 2.24) is 0 Å². The number of methoxy groups -OCH3 is 2. The smallest absolute Gasteiger partial charge is 0.449 e. The minimum atomic E-state index is -7.80. The molecule has 0 aromatic rings. The number of halogens is 20. The number of hydrogen-bond acceptors (Lipinski definition) is 8. The second-order valence-corrected chi connectivity index (χ2v) is 9.58. The van der Waals surface area contributed by atoms with Gasteiger partial charge in [0.1, 0.15) is 0 Å². The van der Waals surface area contributed by atoms with Crippen LogP contribution in [0.15, 0.2) is 0 Å². The molecule has 0 bridgehead atoms. The molecule has 0 saturated heterocycles. The van der Waals surface area contributed by atoms with Crippen molar-refractivity contribution in [3.8, 4) is 0 Å². The lowest BCUT2D eigenvalue weighted by atomic mass is 10.0. The SMILES string of the molecule is COC(=O)C(C)(OC(F)(F)C(C)(OC(F)(F)C(F)(F)OC(C)(C(F)(F)F)C(F)(F)OC(C)(C(=O)OC)C(F)(F)F)C(F)(F)F)C(F)(F)F. The Morgan fingerprint density at radius 2 is 0.562 bits per heavy atom. The van der Waals surface area contributed by atoms with Crippen LogP contribution in [0.4, 0.5) is 87.8 Å². The van der Waals surface area contributed by atoms with E-state index in [0.717, 1.165) is 0 Å². The number of ether oxygens (including phenoxy) is 6. The summed E-state index contributed by atoms with van der Waals surface area (Å²) in [6.45, 7) is -4.62. The second-order valence-electron chi connectivity index (χ2n) is 9.58. The molecule has 0 N–H and O–H groups in total. The van der Waals surface area contributed by atoms with Gasteiger partial charge in [-0.25, -0.2) is 9.59 Å². The molecule has 0 aromatic carbocycles. The van der Waals surface area contributed by atoms with E-state index in [2.05, 4.69) is 28.4 Å². The Morgan fingerprint density at radius 1 is 0.354 bits per heavy atom. The van der Waals surface area contributed by atoms with Gasteiger partial charge in [-0.2, -0.15) is 87.8 Å². The molecular weight excluding hydrogens is 748 g/mol. The van der Waals surface area contributed by atoms with Gasteiger partial charge in [0, 0.05) is 0 Å². The first kappa shape index (κ1) is 45.4. The summed E-state index contributed by atoms with van der Waals surface area (Å²) in [4.78, 5) is 22.9. The van der Waals surface area contributed by atoms with Crippen LogP contribution in [0.5, 0.6) is 0 Å². The lowest BCUT2D eigenvalue weighted by molar-refractivity contribution is -0.547. The lowest BCUT2D eigenvalue weighted by Gasteiger charge is -2.45. The molecule has 4 unspecified atom stereocenters. The number of carbonyl (C=O) groups is 2. The van der Waals surface area contributed by atoms with Crippen LogP contribution in [0.1, 0.15) is 27.7 Å². The van der Waals surface area contributed by atoms with Crippen LogP contribution in [0, 0.1) is 0 Å². The normalized spacial score (nSPS) is 19.8. The van der Waals surface area contributed by atoms with Gasteiger partial charge in [-0.05, 0) is 27.7 Å². The van der Waals surface area contributed by atoms with Crippen LogP contribution in [0.2, 0.25) is 0 Å². The molecule has 0 amide bonds. The van der Waals surface area contributed by atoms with Crippen molar-refractivity contribution in [2.24, 2.45) is 0 Å². The van der Waals surface area contributed by atoms with Gasteiger partial charge in [-0.1, -0.05) is 0 Å². The van der Waals surface area contributed by atoms with Crippen LogP contribution in [-0.2, 0) is 38.0 Å². The monoisotopic (exact) mass is 766 g/mol. The number of rotatable bonds is 13. The van der Waals surface area contributed by atoms with E-state index in [-0.39, 0.29) is 14.2 Å². The van der Waals surface area contributed by atoms with Crippen molar-refractivity contribution in [3.05, 3.63) is 0 Å². The van der Waals surface area contributed by atoms with Crippen molar-refractivity contribution in [3.63, 3.8) is 0 Å². The Bertz CT molecular complexity index is 1090. The largest absolute Gasteiger partial charge is 0.467 e. The highest BCUT2D eigenvalue weighted by atomic mass is 19.4. The predicted octanol–water partition coefficient (Wildman–Crippen LogP) is 7.05. The molecule has 8 nitrogen and oxygen atoms in total. The highest BCUT2D eigenvalue weighted by Crippen LogP contribution is 2.57. The van der Waals surface area contributed by atoms with Crippen molar-refractivity contribution < 1.29 is 126 Å². The van der Waals surface area contributed by atoms with Crippen LogP contribution in [0.3, 0.4) is 0 Å². The standard InChI is InChI=1S/C20H18F20O8/c1-9(7(41)43-5,13(21,22)23)45-17(33,34)11(3,15(27,28)29)47-19(37,38)20(39,40)48-12(4,16(30,31)32)18(35,36)46-10(2,8(42)44-6)14(24,25)26/h1-6H3. The van der Waals surface area contributed by atoms with Crippen LogP contribution < -0.4 is 0 Å². The fraction of sp³-hybridized carbons (Fsp3) is 0.900. The number of hydrogen-bond donors (Lipinski definition) is 0. The molecule has 28 heteroatoms. The summed E-state index contributed by atoms with van der Waals surface area (Å²) in [7, 11) is -0.0299. The number of alkyl halides is 20. The lowest BCUT2D eigenvalue weighted by Crippen LogP contribution is -2.70. The Kier molecular flexibility index (Phi) is 11.9. The highest BCUT2D eigenvalue weighted by Gasteiger charge is 2.82. The summed E-state index contributed by atoms with van der Waals surface area (Å²) in [6, 6.07) is 0. The fourth-order valence-corrected chi connectivity index (χ4v) is 2.72.